The zero-order valence-electron chi connectivity index (χ0n) is 8.44. The van der Waals surface area contributed by atoms with Crippen LogP contribution >= 0.6 is 0 Å². The fourth-order valence-electron chi connectivity index (χ4n) is 1.46. The third-order valence-electron chi connectivity index (χ3n) is 2.14. The Kier molecular flexibility index (Phi) is 2.51. The van der Waals surface area contributed by atoms with Crippen molar-refractivity contribution in [3.8, 4) is 5.69 Å². The molecule has 0 aliphatic carbocycles. The monoisotopic (exact) mass is 205 g/mol. The summed E-state index contributed by atoms with van der Waals surface area (Å²) in [5.41, 5.74) is 7.83. The zero-order valence-corrected chi connectivity index (χ0v) is 8.44. The van der Waals surface area contributed by atoms with E-state index in [4.69, 9.17) is 5.73 Å². The lowest BCUT2D eigenvalue weighted by molar-refractivity contribution is 0.624. The summed E-state index contributed by atoms with van der Waals surface area (Å²) in [7, 11) is 0. The molecule has 1 heterocycles. The Balaban J connectivity index is 2.44. The van der Waals surface area contributed by atoms with Gasteiger partial charge in [-0.05, 0) is 36.8 Å². The zero-order chi connectivity index (χ0) is 10.8. The molecule has 0 fully saturated rings. The van der Waals surface area contributed by atoms with Gasteiger partial charge < -0.3 is 5.73 Å². The van der Waals surface area contributed by atoms with Crippen LogP contribution in [0.2, 0.25) is 0 Å². The van der Waals surface area contributed by atoms with E-state index in [2.05, 4.69) is 5.10 Å². The number of benzene rings is 1. The molecule has 0 unspecified atom stereocenters. The Morgan fingerprint density at radius 3 is 2.80 bits per heavy atom. The van der Waals surface area contributed by atoms with E-state index < -0.39 is 0 Å². The van der Waals surface area contributed by atoms with Gasteiger partial charge in [-0.1, -0.05) is 0 Å². The van der Waals surface area contributed by atoms with Gasteiger partial charge in [-0.2, -0.15) is 5.10 Å². The maximum Gasteiger partial charge on any atom is 0.125 e. The quantitative estimate of drug-likeness (QED) is 0.812. The van der Waals surface area contributed by atoms with E-state index in [-0.39, 0.29) is 5.82 Å². The first-order valence-corrected chi connectivity index (χ1v) is 4.71. The fourth-order valence-corrected chi connectivity index (χ4v) is 1.46. The van der Waals surface area contributed by atoms with Gasteiger partial charge in [-0.15, -0.1) is 0 Å². The SMILES string of the molecule is Cc1cc(F)cc(-n2ccc(CN)n2)c1. The lowest BCUT2D eigenvalue weighted by atomic mass is 10.2. The summed E-state index contributed by atoms with van der Waals surface area (Å²) in [5, 5.41) is 4.21. The van der Waals surface area contributed by atoms with Crippen LogP contribution in [0.1, 0.15) is 11.3 Å². The van der Waals surface area contributed by atoms with Crippen molar-refractivity contribution in [2.45, 2.75) is 13.5 Å². The van der Waals surface area contributed by atoms with E-state index in [1.165, 1.54) is 12.1 Å². The molecule has 2 rings (SSSR count). The van der Waals surface area contributed by atoms with Gasteiger partial charge in [-0.3, -0.25) is 0 Å². The van der Waals surface area contributed by atoms with Crippen molar-refractivity contribution in [1.29, 1.82) is 0 Å². The summed E-state index contributed by atoms with van der Waals surface area (Å²) in [4.78, 5) is 0. The third-order valence-corrected chi connectivity index (χ3v) is 2.14. The van der Waals surface area contributed by atoms with E-state index in [9.17, 15) is 4.39 Å². The van der Waals surface area contributed by atoms with E-state index >= 15 is 0 Å². The smallest absolute Gasteiger partial charge is 0.125 e. The van der Waals surface area contributed by atoms with Crippen LogP contribution in [0, 0.1) is 12.7 Å². The van der Waals surface area contributed by atoms with E-state index in [1.807, 2.05) is 19.1 Å². The Morgan fingerprint density at radius 2 is 2.20 bits per heavy atom. The lowest BCUT2D eigenvalue weighted by Crippen LogP contribution is -2.01. The molecule has 2 aromatic rings. The molecule has 0 saturated carbocycles. The van der Waals surface area contributed by atoms with Crippen molar-refractivity contribution < 1.29 is 4.39 Å². The van der Waals surface area contributed by atoms with Crippen LogP contribution in [0.25, 0.3) is 5.69 Å². The van der Waals surface area contributed by atoms with E-state index in [0.29, 0.717) is 12.2 Å². The van der Waals surface area contributed by atoms with Gasteiger partial charge in [0, 0.05) is 12.7 Å². The van der Waals surface area contributed by atoms with Crippen molar-refractivity contribution in [1.82, 2.24) is 9.78 Å². The Morgan fingerprint density at radius 1 is 1.40 bits per heavy atom. The van der Waals surface area contributed by atoms with Crippen molar-refractivity contribution in [2.75, 3.05) is 0 Å². The largest absolute Gasteiger partial charge is 0.325 e. The molecule has 0 amide bonds. The minimum Gasteiger partial charge on any atom is -0.325 e. The summed E-state index contributed by atoms with van der Waals surface area (Å²) in [6, 6.07) is 6.62. The van der Waals surface area contributed by atoms with Gasteiger partial charge in [0.25, 0.3) is 0 Å². The molecule has 0 saturated heterocycles. The highest BCUT2D eigenvalue weighted by Gasteiger charge is 2.02. The first-order chi connectivity index (χ1) is 7.19. The molecule has 0 aliphatic heterocycles. The van der Waals surface area contributed by atoms with Crippen LogP contribution < -0.4 is 5.73 Å². The first-order valence-electron chi connectivity index (χ1n) is 4.71. The summed E-state index contributed by atoms with van der Waals surface area (Å²) < 4.78 is 14.8. The van der Waals surface area contributed by atoms with Crippen molar-refractivity contribution >= 4 is 0 Å². The molecule has 0 aliphatic rings. The van der Waals surface area contributed by atoms with Crippen molar-refractivity contribution in [3.05, 3.63) is 47.5 Å². The fraction of sp³-hybridized carbons (Fsp3) is 0.182. The average Bonchev–Trinajstić information content (AvgIpc) is 2.64. The molecule has 0 bridgehead atoms. The lowest BCUT2D eigenvalue weighted by Gasteiger charge is -2.03. The minimum atomic E-state index is -0.255. The number of rotatable bonds is 2. The number of hydrogen-bond donors (Lipinski definition) is 1. The Labute approximate surface area is 87.3 Å². The number of hydrogen-bond acceptors (Lipinski definition) is 2. The van der Waals surface area contributed by atoms with Crippen molar-refractivity contribution in [3.63, 3.8) is 0 Å². The number of nitrogens with two attached hydrogens (primary N) is 1. The molecule has 1 aromatic heterocycles. The van der Waals surface area contributed by atoms with Gasteiger partial charge in [0.1, 0.15) is 5.82 Å². The first kappa shape index (κ1) is 9.86. The molecule has 15 heavy (non-hydrogen) atoms. The molecule has 0 radical (unpaired) electrons. The van der Waals surface area contributed by atoms with Crippen LogP contribution in [0.5, 0.6) is 0 Å². The Bertz CT molecular complexity index is 456. The summed E-state index contributed by atoms with van der Waals surface area (Å²) in [6.07, 6.45) is 1.77. The maximum absolute atomic E-state index is 13.1. The molecule has 0 spiro atoms. The van der Waals surface area contributed by atoms with Gasteiger partial charge in [0.2, 0.25) is 0 Å². The highest BCUT2D eigenvalue weighted by molar-refractivity contribution is 5.35. The van der Waals surface area contributed by atoms with E-state index in [0.717, 1.165) is 11.3 Å². The summed E-state index contributed by atoms with van der Waals surface area (Å²) >= 11 is 0. The average molecular weight is 205 g/mol. The standard InChI is InChI=1S/C11H12FN3/c1-8-4-9(12)6-11(5-8)15-3-2-10(7-13)14-15/h2-6H,7,13H2,1H3. The normalized spacial score (nSPS) is 10.6. The van der Waals surface area contributed by atoms with Gasteiger partial charge in [0.05, 0.1) is 11.4 Å². The molecule has 1 aromatic carbocycles. The highest BCUT2D eigenvalue weighted by atomic mass is 19.1. The van der Waals surface area contributed by atoms with Crippen LogP contribution in [-0.4, -0.2) is 9.78 Å². The predicted octanol–water partition coefficient (Wildman–Crippen LogP) is 1.78. The van der Waals surface area contributed by atoms with Crippen LogP contribution in [-0.2, 0) is 6.54 Å². The maximum atomic E-state index is 13.1. The molecule has 4 heteroatoms. The van der Waals surface area contributed by atoms with Gasteiger partial charge in [0.15, 0.2) is 0 Å². The van der Waals surface area contributed by atoms with Gasteiger partial charge in [-0.25, -0.2) is 9.07 Å². The number of nitrogens with zero attached hydrogens (tertiary/aromatic N) is 2. The molecule has 3 nitrogen and oxygen atoms in total. The van der Waals surface area contributed by atoms with Crippen LogP contribution in [0.15, 0.2) is 30.5 Å². The summed E-state index contributed by atoms with van der Waals surface area (Å²) in [5.74, 6) is -0.255. The number of aryl methyl sites for hydroxylation is 1. The second-order valence-electron chi connectivity index (χ2n) is 3.44. The molecule has 0 atom stereocenters. The number of aromatic nitrogens is 2. The van der Waals surface area contributed by atoms with Crippen LogP contribution in [0.4, 0.5) is 4.39 Å². The molecular formula is C11H12FN3. The molecule has 2 N–H and O–H groups in total. The minimum absolute atomic E-state index is 0.255. The summed E-state index contributed by atoms with van der Waals surface area (Å²) in [6.45, 7) is 2.24. The highest BCUT2D eigenvalue weighted by Crippen LogP contribution is 2.12. The Hall–Kier alpha value is -1.68. The molecular weight excluding hydrogens is 193 g/mol. The second kappa shape index (κ2) is 3.82. The van der Waals surface area contributed by atoms with Crippen LogP contribution in [0.3, 0.4) is 0 Å². The van der Waals surface area contributed by atoms with Gasteiger partial charge >= 0.3 is 0 Å². The predicted molar refractivity (Wildman–Crippen MR) is 56.2 cm³/mol. The molecule has 78 valence electrons. The topological polar surface area (TPSA) is 43.8 Å². The van der Waals surface area contributed by atoms with E-state index in [1.54, 1.807) is 10.9 Å². The van der Waals surface area contributed by atoms with Crippen molar-refractivity contribution in [2.24, 2.45) is 5.73 Å². The second-order valence-corrected chi connectivity index (χ2v) is 3.44. The third kappa shape index (κ3) is 2.05. The number of halogens is 1.